The SMILES string of the molecule is CN(C(=O)C12CC3OC(=O)C1N(Cc1cccc(C=COCCO)c1)OC2C1OCOC31)C(Cc1ccccc1)C(=O)NCCO. The zero-order valence-corrected chi connectivity index (χ0v) is 25.5. The number of hydroxylamine groups is 2. The average Bonchev–Trinajstić information content (AvgIpc) is 3.69. The van der Waals surface area contributed by atoms with Gasteiger partial charge >= 0.3 is 5.97 Å². The number of hydrogen-bond acceptors (Lipinski definition) is 11. The van der Waals surface area contributed by atoms with Crippen LogP contribution in [0, 0.1) is 5.41 Å². The Labute approximate surface area is 266 Å². The van der Waals surface area contributed by atoms with E-state index in [2.05, 4.69) is 5.32 Å². The number of aliphatic hydroxyl groups is 2. The fourth-order valence-corrected chi connectivity index (χ4v) is 7.04. The molecule has 13 nitrogen and oxygen atoms in total. The van der Waals surface area contributed by atoms with Crippen LogP contribution in [0.25, 0.3) is 6.08 Å². The van der Waals surface area contributed by atoms with Crippen LogP contribution in [0.4, 0.5) is 0 Å². The molecule has 2 bridgehead atoms. The number of benzene rings is 2. The monoisotopic (exact) mass is 637 g/mol. The Morgan fingerprint density at radius 2 is 1.89 bits per heavy atom. The van der Waals surface area contributed by atoms with Crippen molar-refractivity contribution in [1.29, 1.82) is 0 Å². The number of amides is 2. The molecular formula is C33H39N3O10. The van der Waals surface area contributed by atoms with Crippen LogP contribution in [-0.2, 0) is 51.1 Å². The minimum absolute atomic E-state index is 0.0268. The minimum Gasteiger partial charge on any atom is -0.499 e. The summed E-state index contributed by atoms with van der Waals surface area (Å²) < 4.78 is 22.9. The number of nitrogens with one attached hydrogen (secondary N) is 1. The van der Waals surface area contributed by atoms with Crippen molar-refractivity contribution in [3.8, 4) is 0 Å². The van der Waals surface area contributed by atoms with E-state index in [4.69, 9.17) is 28.9 Å². The number of hydrogen-bond donors (Lipinski definition) is 3. The summed E-state index contributed by atoms with van der Waals surface area (Å²) in [6, 6.07) is 14.8. The molecule has 3 saturated heterocycles. The van der Waals surface area contributed by atoms with Gasteiger partial charge in [-0.05, 0) is 22.8 Å². The van der Waals surface area contributed by atoms with Gasteiger partial charge < -0.3 is 39.4 Å². The lowest BCUT2D eigenvalue weighted by Crippen LogP contribution is -2.70. The second-order valence-electron chi connectivity index (χ2n) is 11.9. The Morgan fingerprint density at radius 1 is 1.11 bits per heavy atom. The number of carbonyl (C=O) groups is 3. The summed E-state index contributed by atoms with van der Waals surface area (Å²) in [5.41, 5.74) is 1.05. The van der Waals surface area contributed by atoms with E-state index in [1.807, 2.05) is 54.6 Å². The summed E-state index contributed by atoms with van der Waals surface area (Å²) in [7, 11) is 1.56. The third-order valence-electron chi connectivity index (χ3n) is 9.10. The summed E-state index contributed by atoms with van der Waals surface area (Å²) in [5, 5.41) is 22.5. The minimum atomic E-state index is -1.43. The lowest BCUT2D eigenvalue weighted by atomic mass is 9.62. The molecule has 0 spiro atoms. The standard InChI is InChI=1S/C33H39N3O10/c1-35(24(30(39)34-11-12-37)17-21-6-3-2-4-7-21)32(41)33-18-25-26-27(44-20-43-26)29(33)46-36(28(33)31(40)45-25)19-23-9-5-8-22(16-23)10-14-42-15-13-38/h2-10,14,16,24-29,37-38H,11-13,15,17-20H2,1H3,(H,34,39). The van der Waals surface area contributed by atoms with Crippen LogP contribution in [0.2, 0.25) is 0 Å². The smallest absolute Gasteiger partial charge is 0.327 e. The molecule has 13 heteroatoms. The molecule has 7 unspecified atom stereocenters. The molecule has 46 heavy (non-hydrogen) atoms. The second-order valence-corrected chi connectivity index (χ2v) is 11.9. The number of aliphatic hydroxyl groups excluding tert-OH is 2. The summed E-state index contributed by atoms with van der Waals surface area (Å²) >= 11 is 0. The zero-order valence-electron chi connectivity index (χ0n) is 25.5. The Kier molecular flexibility index (Phi) is 9.68. The number of ether oxygens (including phenoxy) is 4. The highest BCUT2D eigenvalue weighted by Crippen LogP contribution is 2.56. The first-order valence-electron chi connectivity index (χ1n) is 15.4. The lowest BCUT2D eigenvalue weighted by molar-refractivity contribution is -0.204. The molecular weight excluding hydrogens is 598 g/mol. The molecule has 4 aliphatic rings. The van der Waals surface area contributed by atoms with Crippen LogP contribution in [0.1, 0.15) is 23.1 Å². The maximum absolute atomic E-state index is 14.9. The molecule has 4 fully saturated rings. The van der Waals surface area contributed by atoms with Gasteiger partial charge in [-0.15, -0.1) is 0 Å². The van der Waals surface area contributed by atoms with Crippen LogP contribution in [0.15, 0.2) is 60.9 Å². The molecule has 6 rings (SSSR count). The zero-order chi connectivity index (χ0) is 32.3. The van der Waals surface area contributed by atoms with Gasteiger partial charge in [0.25, 0.3) is 0 Å². The third kappa shape index (κ3) is 6.01. The first-order chi connectivity index (χ1) is 22.4. The normalized spacial score (nSPS) is 28.8. The van der Waals surface area contributed by atoms with Gasteiger partial charge in [0.15, 0.2) is 6.04 Å². The van der Waals surface area contributed by atoms with E-state index in [1.165, 1.54) is 16.2 Å². The van der Waals surface area contributed by atoms with E-state index in [1.54, 1.807) is 13.1 Å². The van der Waals surface area contributed by atoms with Crippen molar-refractivity contribution < 1.29 is 48.4 Å². The van der Waals surface area contributed by atoms with Gasteiger partial charge in [-0.3, -0.25) is 19.2 Å². The number of nitrogens with zero attached hydrogens (tertiary/aromatic N) is 2. The molecule has 2 amide bonds. The van der Waals surface area contributed by atoms with E-state index in [0.717, 1.165) is 16.7 Å². The van der Waals surface area contributed by atoms with Crippen LogP contribution < -0.4 is 5.32 Å². The van der Waals surface area contributed by atoms with Crippen molar-refractivity contribution in [3.05, 3.63) is 77.5 Å². The fourth-order valence-electron chi connectivity index (χ4n) is 7.04. The molecule has 0 aromatic heterocycles. The Morgan fingerprint density at radius 3 is 2.67 bits per heavy atom. The van der Waals surface area contributed by atoms with Gasteiger partial charge in [-0.25, -0.2) is 0 Å². The third-order valence-corrected chi connectivity index (χ3v) is 9.10. The van der Waals surface area contributed by atoms with E-state index in [-0.39, 0.29) is 52.5 Å². The molecule has 3 aliphatic heterocycles. The van der Waals surface area contributed by atoms with Gasteiger partial charge in [0.1, 0.15) is 49.3 Å². The molecule has 246 valence electrons. The molecule has 2 aromatic rings. The molecule has 0 radical (unpaired) electrons. The van der Waals surface area contributed by atoms with Crippen LogP contribution in [0.5, 0.6) is 0 Å². The number of esters is 1. The maximum Gasteiger partial charge on any atom is 0.327 e. The molecule has 7 atom stereocenters. The lowest BCUT2D eigenvalue weighted by Gasteiger charge is -2.50. The first kappa shape index (κ1) is 32.1. The summed E-state index contributed by atoms with van der Waals surface area (Å²) in [6.07, 6.45) is 0.739. The highest BCUT2D eigenvalue weighted by atomic mass is 16.8. The van der Waals surface area contributed by atoms with Gasteiger partial charge in [-0.2, -0.15) is 5.06 Å². The Hall–Kier alpha value is -3.85. The first-order valence-corrected chi connectivity index (χ1v) is 15.4. The summed E-state index contributed by atoms with van der Waals surface area (Å²) in [4.78, 5) is 50.1. The van der Waals surface area contributed by atoms with Crippen molar-refractivity contribution >= 4 is 23.9 Å². The summed E-state index contributed by atoms with van der Waals surface area (Å²) in [5.74, 6) is -1.46. The molecule has 3 N–H and O–H groups in total. The van der Waals surface area contributed by atoms with Crippen LogP contribution in [0.3, 0.4) is 0 Å². The van der Waals surface area contributed by atoms with Gasteiger partial charge in [-0.1, -0.05) is 54.6 Å². The van der Waals surface area contributed by atoms with Crippen LogP contribution in [-0.4, -0.2) is 115 Å². The fraction of sp³-hybridized carbons (Fsp3) is 0.485. The van der Waals surface area contributed by atoms with E-state index < -0.39 is 59.7 Å². The number of carbonyl (C=O) groups excluding carboxylic acids is 3. The number of rotatable bonds is 13. The highest BCUT2D eigenvalue weighted by molar-refractivity contribution is 5.96. The van der Waals surface area contributed by atoms with Crippen molar-refractivity contribution in [2.45, 2.75) is 55.9 Å². The van der Waals surface area contributed by atoms with Gasteiger partial charge in [0.2, 0.25) is 11.8 Å². The molecule has 2 aromatic carbocycles. The molecule has 3 heterocycles. The van der Waals surface area contributed by atoms with Gasteiger partial charge in [0, 0.05) is 26.4 Å². The molecule has 1 saturated carbocycles. The largest absolute Gasteiger partial charge is 0.499 e. The van der Waals surface area contributed by atoms with Crippen molar-refractivity contribution in [2.24, 2.45) is 5.41 Å². The number of likely N-dealkylation sites (N-methyl/N-ethyl adjacent to an activating group) is 1. The second kappa shape index (κ2) is 13.9. The predicted octanol–water partition coefficient (Wildman–Crippen LogP) is 0.386. The average molecular weight is 638 g/mol. The highest BCUT2D eigenvalue weighted by Gasteiger charge is 2.75. The van der Waals surface area contributed by atoms with Crippen molar-refractivity contribution in [3.63, 3.8) is 0 Å². The Bertz CT molecular complexity index is 1440. The van der Waals surface area contributed by atoms with Crippen molar-refractivity contribution in [2.75, 3.05) is 40.2 Å². The van der Waals surface area contributed by atoms with Gasteiger partial charge in [0.05, 0.1) is 26.0 Å². The van der Waals surface area contributed by atoms with E-state index in [9.17, 15) is 19.5 Å². The van der Waals surface area contributed by atoms with Crippen LogP contribution >= 0.6 is 0 Å². The van der Waals surface area contributed by atoms with Crippen molar-refractivity contribution in [1.82, 2.24) is 15.3 Å². The topological polar surface area (TPSA) is 156 Å². The number of fused-ring (bicyclic) bond motifs is 4. The maximum atomic E-state index is 14.9. The Balaban J connectivity index is 1.33. The van der Waals surface area contributed by atoms with E-state index in [0.29, 0.717) is 0 Å². The molecule has 1 aliphatic carbocycles. The van der Waals surface area contributed by atoms with E-state index >= 15 is 0 Å². The summed E-state index contributed by atoms with van der Waals surface area (Å²) in [6.45, 7) is -0.00736. The predicted molar refractivity (Wildman–Crippen MR) is 161 cm³/mol. The quantitative estimate of drug-likeness (QED) is 0.159.